The Morgan fingerprint density at radius 1 is 1.08 bits per heavy atom. The molecule has 0 bridgehead atoms. The quantitative estimate of drug-likeness (QED) is 0.501. The summed E-state index contributed by atoms with van der Waals surface area (Å²) in [5.74, 6) is -0.571. The van der Waals surface area contributed by atoms with E-state index in [-0.39, 0.29) is 0 Å². The van der Waals surface area contributed by atoms with Crippen molar-refractivity contribution in [1.29, 1.82) is 0 Å². The molecule has 0 aliphatic carbocycles. The van der Waals surface area contributed by atoms with E-state index in [9.17, 15) is 4.79 Å². The molecule has 1 amide bonds. The average molecular weight is 346 g/mol. The van der Waals surface area contributed by atoms with Gasteiger partial charge in [-0.3, -0.25) is 15.0 Å². The van der Waals surface area contributed by atoms with Crippen LogP contribution in [0.5, 0.6) is 0 Å². The van der Waals surface area contributed by atoms with Gasteiger partial charge in [-0.15, -0.1) is 0 Å². The lowest BCUT2D eigenvalue weighted by atomic mass is 9.98. The Bertz CT molecular complexity index is 996. The molecule has 0 radical (unpaired) electrons. The summed E-state index contributed by atoms with van der Waals surface area (Å²) in [6.45, 7) is 1.92. The van der Waals surface area contributed by atoms with Crippen LogP contribution in [0.15, 0.2) is 54.7 Å². The smallest absolute Gasteiger partial charge is 0.274 e. The largest absolute Gasteiger partial charge is 0.313 e. The molecule has 0 saturated heterocycles. The Balaban J connectivity index is 1.67. The predicted octanol–water partition coefficient (Wildman–Crippen LogP) is 2.79. The monoisotopic (exact) mass is 346 g/mol. The molecule has 1 aromatic heterocycles. The number of aromatic nitrogens is 2. The molecule has 1 aliphatic heterocycles. The molecule has 6 heteroatoms. The zero-order valence-corrected chi connectivity index (χ0v) is 14.1. The summed E-state index contributed by atoms with van der Waals surface area (Å²) in [6, 6.07) is 13.2. The van der Waals surface area contributed by atoms with Gasteiger partial charge in [0.1, 0.15) is 0 Å². The van der Waals surface area contributed by atoms with Crippen molar-refractivity contribution >= 4 is 22.5 Å². The number of hydrogen-bond acceptors (Lipinski definition) is 5. The average Bonchev–Trinajstić information content (AvgIpc) is 2.73. The summed E-state index contributed by atoms with van der Waals surface area (Å²) < 4.78 is 0. The Morgan fingerprint density at radius 3 is 2.62 bits per heavy atom. The molecule has 0 atom stereocenters. The Hall–Kier alpha value is -3.09. The molecular weight excluding hydrogens is 328 g/mol. The van der Waals surface area contributed by atoms with E-state index in [1.165, 1.54) is 11.1 Å². The number of carbonyl (C=O) groups excluding carboxylic acids is 1. The number of hydrogen-bond donors (Lipinski definition) is 3. The Kier molecular flexibility index (Phi) is 4.43. The van der Waals surface area contributed by atoms with Crippen LogP contribution in [-0.2, 0) is 0 Å². The predicted molar refractivity (Wildman–Crippen MR) is 99.7 cm³/mol. The second kappa shape index (κ2) is 7.03. The van der Waals surface area contributed by atoms with Crippen molar-refractivity contribution in [3.8, 4) is 11.3 Å². The summed E-state index contributed by atoms with van der Waals surface area (Å²) in [5, 5.41) is 12.1. The molecule has 6 nitrogen and oxygen atoms in total. The van der Waals surface area contributed by atoms with E-state index in [0.717, 1.165) is 30.8 Å². The van der Waals surface area contributed by atoms with Gasteiger partial charge in [-0.1, -0.05) is 30.3 Å². The highest BCUT2D eigenvalue weighted by Gasteiger charge is 2.09. The van der Waals surface area contributed by atoms with Crippen LogP contribution < -0.4 is 10.8 Å². The molecule has 1 aliphatic rings. The molecular formula is C20H18N4O2. The van der Waals surface area contributed by atoms with Crippen LogP contribution in [-0.4, -0.2) is 34.2 Å². The number of hydroxylamine groups is 1. The van der Waals surface area contributed by atoms with Gasteiger partial charge in [0.15, 0.2) is 0 Å². The Labute approximate surface area is 150 Å². The SMILES string of the molecule is O=C(NO)c1ccc2ncc(-c3ccc(C4=CCNCC4)cc3)nc2c1. The van der Waals surface area contributed by atoms with Crippen LogP contribution in [0.3, 0.4) is 0 Å². The second-order valence-electron chi connectivity index (χ2n) is 6.16. The fourth-order valence-electron chi connectivity index (χ4n) is 3.10. The lowest BCUT2D eigenvalue weighted by Crippen LogP contribution is -2.19. The van der Waals surface area contributed by atoms with Crippen LogP contribution in [0, 0.1) is 0 Å². The van der Waals surface area contributed by atoms with Crippen molar-refractivity contribution in [2.45, 2.75) is 6.42 Å². The summed E-state index contributed by atoms with van der Waals surface area (Å²) in [5.41, 5.74) is 7.56. The lowest BCUT2D eigenvalue weighted by Gasteiger charge is -2.14. The number of benzene rings is 2. The van der Waals surface area contributed by atoms with Gasteiger partial charge in [0.2, 0.25) is 0 Å². The van der Waals surface area contributed by atoms with Gasteiger partial charge in [-0.25, -0.2) is 10.5 Å². The maximum absolute atomic E-state index is 11.6. The maximum Gasteiger partial charge on any atom is 0.274 e. The van der Waals surface area contributed by atoms with Gasteiger partial charge in [-0.05, 0) is 42.3 Å². The van der Waals surface area contributed by atoms with Crippen LogP contribution in [0.25, 0.3) is 27.9 Å². The highest BCUT2D eigenvalue weighted by molar-refractivity contribution is 5.96. The van der Waals surface area contributed by atoms with Crippen molar-refractivity contribution in [3.63, 3.8) is 0 Å². The summed E-state index contributed by atoms with van der Waals surface area (Å²) in [4.78, 5) is 20.6. The van der Waals surface area contributed by atoms with E-state index in [1.54, 1.807) is 29.9 Å². The van der Waals surface area contributed by atoms with E-state index in [2.05, 4.69) is 33.5 Å². The molecule has 0 fully saturated rings. The van der Waals surface area contributed by atoms with Crippen molar-refractivity contribution < 1.29 is 10.0 Å². The fourth-order valence-corrected chi connectivity index (χ4v) is 3.10. The molecule has 26 heavy (non-hydrogen) atoms. The zero-order chi connectivity index (χ0) is 17.9. The summed E-state index contributed by atoms with van der Waals surface area (Å²) in [7, 11) is 0. The fraction of sp³-hybridized carbons (Fsp3) is 0.150. The van der Waals surface area contributed by atoms with E-state index in [0.29, 0.717) is 16.6 Å². The number of amides is 1. The minimum atomic E-state index is -0.571. The summed E-state index contributed by atoms with van der Waals surface area (Å²) in [6.07, 6.45) is 4.99. The molecule has 0 spiro atoms. The molecule has 0 unspecified atom stereocenters. The highest BCUT2D eigenvalue weighted by Crippen LogP contribution is 2.24. The number of nitrogens with one attached hydrogen (secondary N) is 2. The van der Waals surface area contributed by atoms with Crippen molar-refractivity contribution in [1.82, 2.24) is 20.8 Å². The first-order valence-electron chi connectivity index (χ1n) is 8.46. The molecule has 3 aromatic rings. The van der Waals surface area contributed by atoms with E-state index >= 15 is 0 Å². The maximum atomic E-state index is 11.6. The third kappa shape index (κ3) is 3.20. The van der Waals surface area contributed by atoms with Crippen molar-refractivity contribution in [2.75, 3.05) is 13.1 Å². The lowest BCUT2D eigenvalue weighted by molar-refractivity contribution is 0.0706. The first-order chi connectivity index (χ1) is 12.7. The number of rotatable bonds is 3. The minimum Gasteiger partial charge on any atom is -0.313 e. The van der Waals surface area contributed by atoms with Gasteiger partial charge in [0.25, 0.3) is 5.91 Å². The van der Waals surface area contributed by atoms with Gasteiger partial charge in [-0.2, -0.15) is 0 Å². The first kappa shape index (κ1) is 16.4. The zero-order valence-electron chi connectivity index (χ0n) is 14.1. The first-order valence-corrected chi connectivity index (χ1v) is 8.46. The topological polar surface area (TPSA) is 87.1 Å². The number of fused-ring (bicyclic) bond motifs is 1. The van der Waals surface area contributed by atoms with Crippen LogP contribution in [0.2, 0.25) is 0 Å². The van der Waals surface area contributed by atoms with E-state index in [1.807, 2.05) is 12.1 Å². The number of carbonyl (C=O) groups is 1. The van der Waals surface area contributed by atoms with Gasteiger partial charge >= 0.3 is 0 Å². The molecule has 2 aromatic carbocycles. The molecule has 4 rings (SSSR count). The molecule has 130 valence electrons. The van der Waals surface area contributed by atoms with Gasteiger partial charge in [0.05, 0.1) is 22.9 Å². The minimum absolute atomic E-state index is 0.333. The van der Waals surface area contributed by atoms with Crippen molar-refractivity contribution in [3.05, 3.63) is 65.9 Å². The standard InChI is InChI=1S/C20H18N4O2/c25-20(24-26)16-5-6-17-18(11-16)23-19(12-22-17)15-3-1-13(2-4-15)14-7-9-21-10-8-14/h1-7,11-12,21,26H,8-10H2,(H,24,25). The highest BCUT2D eigenvalue weighted by atomic mass is 16.5. The molecule has 3 N–H and O–H groups in total. The molecule has 0 saturated carbocycles. The Morgan fingerprint density at radius 2 is 1.88 bits per heavy atom. The summed E-state index contributed by atoms with van der Waals surface area (Å²) >= 11 is 0. The van der Waals surface area contributed by atoms with Crippen LogP contribution in [0.1, 0.15) is 22.3 Å². The third-order valence-electron chi connectivity index (χ3n) is 4.52. The normalized spacial score (nSPS) is 14.1. The third-order valence-corrected chi connectivity index (χ3v) is 4.52. The number of nitrogens with zero attached hydrogens (tertiary/aromatic N) is 2. The van der Waals surface area contributed by atoms with E-state index < -0.39 is 5.91 Å². The van der Waals surface area contributed by atoms with Gasteiger partial charge < -0.3 is 5.32 Å². The van der Waals surface area contributed by atoms with Crippen LogP contribution >= 0.6 is 0 Å². The second-order valence-corrected chi connectivity index (χ2v) is 6.16. The van der Waals surface area contributed by atoms with Crippen molar-refractivity contribution in [2.24, 2.45) is 0 Å². The van der Waals surface area contributed by atoms with Crippen LogP contribution in [0.4, 0.5) is 0 Å². The van der Waals surface area contributed by atoms with E-state index in [4.69, 9.17) is 5.21 Å². The molecule has 2 heterocycles. The van der Waals surface area contributed by atoms with Gasteiger partial charge in [0, 0.05) is 17.7 Å².